The normalized spacial score (nSPS) is 12.5. The molecule has 0 aliphatic rings. The Bertz CT molecular complexity index is 869. The van der Waals surface area contributed by atoms with Crippen LogP contribution in [-0.2, 0) is 11.3 Å². The number of carbonyl (C=O) groups is 1. The molecule has 1 atom stereocenters. The van der Waals surface area contributed by atoms with E-state index in [9.17, 15) is 9.90 Å². The summed E-state index contributed by atoms with van der Waals surface area (Å²) in [5.74, 6) is 0.470. The number of benzene rings is 2. The van der Waals surface area contributed by atoms with Crippen LogP contribution in [0.3, 0.4) is 0 Å². The van der Waals surface area contributed by atoms with Crippen molar-refractivity contribution in [1.29, 1.82) is 0 Å². The number of hydrogen-bond donors (Lipinski definition) is 1. The lowest BCUT2D eigenvalue weighted by atomic mass is 10.2. The molecular weight excluding hydrogens is 314 g/mol. The van der Waals surface area contributed by atoms with E-state index >= 15 is 0 Å². The molecule has 0 saturated heterocycles. The molecule has 3 rings (SSSR count). The van der Waals surface area contributed by atoms with Gasteiger partial charge in [0.1, 0.15) is 18.5 Å². The van der Waals surface area contributed by atoms with E-state index in [4.69, 9.17) is 0 Å². The van der Waals surface area contributed by atoms with Crippen molar-refractivity contribution in [2.24, 2.45) is 0 Å². The number of amides is 1. The first kappa shape index (κ1) is 17.2. The Morgan fingerprint density at radius 3 is 2.36 bits per heavy atom. The molecule has 1 amide bonds. The fourth-order valence-corrected chi connectivity index (χ4v) is 3.11. The molecule has 0 spiro atoms. The van der Waals surface area contributed by atoms with Gasteiger partial charge in [-0.15, -0.1) is 0 Å². The van der Waals surface area contributed by atoms with Crippen LogP contribution in [0.1, 0.15) is 32.7 Å². The first-order chi connectivity index (χ1) is 12.0. The molecule has 2 aromatic carbocycles. The highest BCUT2D eigenvalue weighted by Crippen LogP contribution is 2.23. The van der Waals surface area contributed by atoms with Crippen LogP contribution in [0, 0.1) is 0 Å². The lowest BCUT2D eigenvalue weighted by molar-refractivity contribution is -0.119. The van der Waals surface area contributed by atoms with Gasteiger partial charge in [0.15, 0.2) is 0 Å². The molecule has 0 saturated carbocycles. The van der Waals surface area contributed by atoms with Crippen molar-refractivity contribution >= 4 is 22.6 Å². The van der Waals surface area contributed by atoms with Gasteiger partial charge < -0.3 is 14.6 Å². The van der Waals surface area contributed by atoms with E-state index in [1.807, 2.05) is 68.4 Å². The van der Waals surface area contributed by atoms with E-state index in [-0.39, 0.29) is 18.5 Å². The predicted octanol–water partition coefficient (Wildman–Crippen LogP) is 3.53. The molecule has 5 heteroatoms. The molecule has 25 heavy (non-hydrogen) atoms. The Hall–Kier alpha value is -2.66. The maximum Gasteiger partial charge on any atom is 0.247 e. The number of rotatable bonds is 5. The third-order valence-electron chi connectivity index (χ3n) is 4.17. The van der Waals surface area contributed by atoms with Gasteiger partial charge in [0, 0.05) is 11.7 Å². The zero-order chi connectivity index (χ0) is 18.0. The van der Waals surface area contributed by atoms with Gasteiger partial charge in [-0.1, -0.05) is 30.3 Å². The van der Waals surface area contributed by atoms with Gasteiger partial charge in [0.2, 0.25) is 5.91 Å². The van der Waals surface area contributed by atoms with Gasteiger partial charge >= 0.3 is 0 Å². The molecule has 1 aromatic heterocycles. The Morgan fingerprint density at radius 1 is 1.08 bits per heavy atom. The summed E-state index contributed by atoms with van der Waals surface area (Å²) in [6, 6.07) is 17.3. The monoisotopic (exact) mass is 337 g/mol. The van der Waals surface area contributed by atoms with E-state index in [0.29, 0.717) is 5.82 Å². The molecule has 0 radical (unpaired) electrons. The van der Waals surface area contributed by atoms with E-state index < -0.39 is 6.10 Å². The van der Waals surface area contributed by atoms with Crippen molar-refractivity contribution in [2.45, 2.75) is 39.5 Å². The molecule has 0 unspecified atom stereocenters. The summed E-state index contributed by atoms with van der Waals surface area (Å²) < 4.78 is 1.81. The zero-order valence-corrected chi connectivity index (χ0v) is 14.8. The molecule has 0 bridgehead atoms. The van der Waals surface area contributed by atoms with Crippen molar-refractivity contribution in [3.05, 3.63) is 60.4 Å². The Balaban J connectivity index is 1.99. The smallest absolute Gasteiger partial charge is 0.247 e. The third-order valence-corrected chi connectivity index (χ3v) is 4.17. The molecule has 0 aliphatic heterocycles. The number of anilines is 1. The van der Waals surface area contributed by atoms with Crippen molar-refractivity contribution in [2.75, 3.05) is 4.90 Å². The second-order valence-electron chi connectivity index (χ2n) is 6.41. The second kappa shape index (κ2) is 7.07. The van der Waals surface area contributed by atoms with Crippen molar-refractivity contribution in [3.63, 3.8) is 0 Å². The third kappa shape index (κ3) is 3.42. The fraction of sp³-hybridized carbons (Fsp3) is 0.300. The minimum absolute atomic E-state index is 0.0275. The maximum atomic E-state index is 13.1. The number of nitrogens with zero attached hydrogens (tertiary/aromatic N) is 3. The van der Waals surface area contributed by atoms with Crippen LogP contribution in [0.5, 0.6) is 0 Å². The molecule has 130 valence electrons. The van der Waals surface area contributed by atoms with Gasteiger partial charge in [-0.3, -0.25) is 4.79 Å². The summed E-state index contributed by atoms with van der Waals surface area (Å²) in [4.78, 5) is 19.3. The number of aromatic nitrogens is 2. The summed E-state index contributed by atoms with van der Waals surface area (Å²) >= 11 is 0. The van der Waals surface area contributed by atoms with Gasteiger partial charge in [-0.2, -0.15) is 0 Å². The number of fused-ring (bicyclic) bond motifs is 1. The molecule has 5 nitrogen and oxygen atoms in total. The molecule has 0 fully saturated rings. The first-order valence-corrected chi connectivity index (χ1v) is 8.49. The summed E-state index contributed by atoms with van der Waals surface area (Å²) in [5, 5.41) is 10.1. The van der Waals surface area contributed by atoms with E-state index in [0.717, 1.165) is 16.7 Å². The highest BCUT2D eigenvalue weighted by atomic mass is 16.3. The fourth-order valence-electron chi connectivity index (χ4n) is 3.11. The van der Waals surface area contributed by atoms with Gasteiger partial charge in [0.25, 0.3) is 0 Å². The predicted molar refractivity (Wildman–Crippen MR) is 99.4 cm³/mol. The minimum atomic E-state index is -0.746. The highest BCUT2D eigenvalue weighted by molar-refractivity contribution is 5.94. The van der Waals surface area contributed by atoms with Gasteiger partial charge in [-0.05, 0) is 45.0 Å². The highest BCUT2D eigenvalue weighted by Gasteiger charge is 2.22. The number of para-hydroxylation sites is 3. The number of imidazole rings is 1. The van der Waals surface area contributed by atoms with Crippen LogP contribution in [0.4, 0.5) is 5.69 Å². The van der Waals surface area contributed by atoms with Crippen molar-refractivity contribution in [3.8, 4) is 0 Å². The first-order valence-electron chi connectivity index (χ1n) is 8.49. The maximum absolute atomic E-state index is 13.1. The standard InChI is InChI=1S/C20H23N3O2/c1-14(2)23(16-9-5-4-6-10-16)19(25)13-22-18-12-8-7-11-17(18)21-20(22)15(3)24/h4-12,14-15,24H,13H2,1-3H3/t15-/m1/s1. The summed E-state index contributed by atoms with van der Waals surface area (Å²) in [6.45, 7) is 5.78. The van der Waals surface area contributed by atoms with Crippen LogP contribution >= 0.6 is 0 Å². The van der Waals surface area contributed by atoms with Gasteiger partial charge in [-0.25, -0.2) is 4.98 Å². The Morgan fingerprint density at radius 2 is 1.72 bits per heavy atom. The average molecular weight is 337 g/mol. The lowest BCUT2D eigenvalue weighted by Crippen LogP contribution is -2.39. The topological polar surface area (TPSA) is 58.4 Å². The van der Waals surface area contributed by atoms with Crippen molar-refractivity contribution in [1.82, 2.24) is 9.55 Å². The largest absolute Gasteiger partial charge is 0.385 e. The number of hydrogen-bond acceptors (Lipinski definition) is 3. The van der Waals surface area contributed by atoms with E-state index in [1.54, 1.807) is 16.4 Å². The van der Waals surface area contributed by atoms with E-state index in [1.165, 1.54) is 0 Å². The van der Waals surface area contributed by atoms with Crippen LogP contribution in [0.2, 0.25) is 0 Å². The summed E-state index contributed by atoms with van der Waals surface area (Å²) in [5.41, 5.74) is 2.50. The molecular formula is C20H23N3O2. The Kier molecular flexibility index (Phi) is 4.86. The SMILES string of the molecule is CC(C)N(C(=O)Cn1c([C@@H](C)O)nc2ccccc21)c1ccccc1. The van der Waals surface area contributed by atoms with Crippen LogP contribution in [0.25, 0.3) is 11.0 Å². The van der Waals surface area contributed by atoms with E-state index in [2.05, 4.69) is 4.98 Å². The number of aliphatic hydroxyl groups is 1. The number of carbonyl (C=O) groups excluding carboxylic acids is 1. The quantitative estimate of drug-likeness (QED) is 0.775. The molecule has 1 heterocycles. The Labute approximate surface area is 147 Å². The van der Waals surface area contributed by atoms with Crippen LogP contribution < -0.4 is 4.90 Å². The van der Waals surface area contributed by atoms with Crippen LogP contribution in [-0.4, -0.2) is 26.6 Å². The molecule has 3 aromatic rings. The van der Waals surface area contributed by atoms with Crippen molar-refractivity contribution < 1.29 is 9.90 Å². The second-order valence-corrected chi connectivity index (χ2v) is 6.41. The molecule has 0 aliphatic carbocycles. The minimum Gasteiger partial charge on any atom is -0.385 e. The number of aliphatic hydroxyl groups excluding tert-OH is 1. The molecule has 1 N–H and O–H groups in total. The summed E-state index contributed by atoms with van der Waals surface area (Å²) in [6.07, 6.45) is -0.746. The van der Waals surface area contributed by atoms with Gasteiger partial charge in [0.05, 0.1) is 11.0 Å². The lowest BCUT2D eigenvalue weighted by Gasteiger charge is -2.27. The average Bonchev–Trinajstić information content (AvgIpc) is 2.95. The summed E-state index contributed by atoms with van der Waals surface area (Å²) in [7, 11) is 0. The van der Waals surface area contributed by atoms with Crippen LogP contribution in [0.15, 0.2) is 54.6 Å². The zero-order valence-electron chi connectivity index (χ0n) is 14.8.